The van der Waals surface area contributed by atoms with Gasteiger partial charge in [0.1, 0.15) is 5.92 Å². The molecule has 116 valence electrons. The van der Waals surface area contributed by atoms with Gasteiger partial charge >= 0.3 is 0 Å². The summed E-state index contributed by atoms with van der Waals surface area (Å²) < 4.78 is 0.498. The molecule has 0 N–H and O–H groups in total. The lowest BCUT2D eigenvalue weighted by atomic mass is 9.83. The van der Waals surface area contributed by atoms with Gasteiger partial charge in [-0.25, -0.2) is 0 Å². The standard InChI is InChI=1S/C16H9Cl3N2OS/c17-11-2-1-3-12(18)16(11)10(9(7-20)8-21)6-13(22)14-4-5-15(19)23-14/h1-5,9-10H,6H2/t10-/m0/s1. The molecule has 0 unspecified atom stereocenters. The molecule has 3 nitrogen and oxygen atoms in total. The van der Waals surface area contributed by atoms with Crippen molar-refractivity contribution in [3.05, 3.63) is 55.2 Å². The Hall–Kier alpha value is -1.56. The first-order valence-electron chi connectivity index (χ1n) is 6.49. The van der Waals surface area contributed by atoms with Gasteiger partial charge in [0.15, 0.2) is 5.78 Å². The Morgan fingerprint density at radius 1 is 1.09 bits per heavy atom. The zero-order valence-electron chi connectivity index (χ0n) is 11.6. The van der Waals surface area contributed by atoms with Crippen LogP contribution in [0.25, 0.3) is 0 Å². The van der Waals surface area contributed by atoms with Crippen LogP contribution in [0.4, 0.5) is 0 Å². The van der Waals surface area contributed by atoms with E-state index in [1.165, 1.54) is 0 Å². The molecule has 1 heterocycles. The zero-order valence-corrected chi connectivity index (χ0v) is 14.7. The minimum absolute atomic E-state index is 0.0495. The largest absolute Gasteiger partial charge is 0.293 e. The van der Waals surface area contributed by atoms with Crippen molar-refractivity contribution in [2.45, 2.75) is 12.3 Å². The maximum absolute atomic E-state index is 12.4. The Morgan fingerprint density at radius 2 is 1.70 bits per heavy atom. The summed E-state index contributed by atoms with van der Waals surface area (Å²) in [6.07, 6.45) is -0.0495. The quantitative estimate of drug-likeness (QED) is 0.619. The number of thiophene rings is 1. The van der Waals surface area contributed by atoms with Gasteiger partial charge < -0.3 is 0 Å². The Bertz CT molecular complexity index is 785. The van der Waals surface area contributed by atoms with Crippen LogP contribution in [0.15, 0.2) is 30.3 Å². The van der Waals surface area contributed by atoms with E-state index in [-0.39, 0.29) is 12.2 Å². The third-order valence-corrected chi connectivity index (χ3v) is 5.24. The smallest absolute Gasteiger partial charge is 0.173 e. The topological polar surface area (TPSA) is 64.7 Å². The van der Waals surface area contributed by atoms with Crippen LogP contribution in [-0.2, 0) is 0 Å². The van der Waals surface area contributed by atoms with Crippen LogP contribution in [0, 0.1) is 28.6 Å². The van der Waals surface area contributed by atoms with E-state index in [4.69, 9.17) is 34.8 Å². The number of carbonyl (C=O) groups is 1. The number of rotatable bonds is 5. The van der Waals surface area contributed by atoms with Crippen LogP contribution in [0.5, 0.6) is 0 Å². The van der Waals surface area contributed by atoms with Gasteiger partial charge in [0.25, 0.3) is 0 Å². The number of Topliss-reactive ketones (excluding diaryl/α,β-unsaturated/α-hetero) is 1. The van der Waals surface area contributed by atoms with Crippen molar-refractivity contribution < 1.29 is 4.79 Å². The minimum Gasteiger partial charge on any atom is -0.293 e. The van der Waals surface area contributed by atoms with Crippen molar-refractivity contribution in [3.8, 4) is 12.1 Å². The lowest BCUT2D eigenvalue weighted by Crippen LogP contribution is -2.15. The summed E-state index contributed by atoms with van der Waals surface area (Å²) in [5, 5.41) is 19.1. The monoisotopic (exact) mass is 382 g/mol. The first-order valence-corrected chi connectivity index (χ1v) is 8.44. The summed E-state index contributed by atoms with van der Waals surface area (Å²) in [6.45, 7) is 0. The third kappa shape index (κ3) is 4.05. The second-order valence-corrected chi connectivity index (χ2v) is 7.24. The first kappa shape index (κ1) is 17.8. The average molecular weight is 384 g/mol. The highest BCUT2D eigenvalue weighted by molar-refractivity contribution is 7.18. The van der Waals surface area contributed by atoms with E-state index < -0.39 is 11.8 Å². The van der Waals surface area contributed by atoms with E-state index in [1.807, 2.05) is 12.1 Å². The van der Waals surface area contributed by atoms with Gasteiger partial charge in [0.05, 0.1) is 21.4 Å². The summed E-state index contributed by atoms with van der Waals surface area (Å²) in [5.74, 6) is -1.95. The van der Waals surface area contributed by atoms with E-state index in [9.17, 15) is 15.3 Å². The number of ketones is 1. The fourth-order valence-electron chi connectivity index (χ4n) is 2.22. The molecule has 0 amide bonds. The molecule has 0 saturated heterocycles. The number of halogens is 3. The normalized spacial score (nSPS) is 11.7. The number of benzene rings is 1. The van der Waals surface area contributed by atoms with E-state index in [1.54, 1.807) is 30.3 Å². The van der Waals surface area contributed by atoms with Crippen molar-refractivity contribution >= 4 is 51.9 Å². The van der Waals surface area contributed by atoms with E-state index in [0.29, 0.717) is 24.8 Å². The van der Waals surface area contributed by atoms with Gasteiger partial charge in [-0.15, -0.1) is 11.3 Å². The van der Waals surface area contributed by atoms with Crippen molar-refractivity contribution in [3.63, 3.8) is 0 Å². The van der Waals surface area contributed by atoms with Crippen molar-refractivity contribution in [1.29, 1.82) is 10.5 Å². The number of nitrogens with zero attached hydrogens (tertiary/aromatic N) is 2. The number of carbonyl (C=O) groups excluding carboxylic acids is 1. The van der Waals surface area contributed by atoms with E-state index in [0.717, 1.165) is 11.3 Å². The van der Waals surface area contributed by atoms with E-state index in [2.05, 4.69) is 0 Å². The van der Waals surface area contributed by atoms with Crippen LogP contribution in [0.2, 0.25) is 14.4 Å². The number of hydrogen-bond donors (Lipinski definition) is 0. The summed E-state index contributed by atoms with van der Waals surface area (Å²) in [4.78, 5) is 12.9. The molecule has 1 aromatic carbocycles. The maximum Gasteiger partial charge on any atom is 0.173 e. The van der Waals surface area contributed by atoms with Crippen LogP contribution >= 0.6 is 46.1 Å². The molecule has 2 aromatic rings. The lowest BCUT2D eigenvalue weighted by molar-refractivity contribution is 0.0975. The van der Waals surface area contributed by atoms with Gasteiger partial charge in [-0.2, -0.15) is 10.5 Å². The van der Waals surface area contributed by atoms with Crippen molar-refractivity contribution in [1.82, 2.24) is 0 Å². The third-order valence-electron chi connectivity index (χ3n) is 3.30. The molecule has 0 aliphatic rings. The Kier molecular flexibility index (Phi) is 6.04. The van der Waals surface area contributed by atoms with Gasteiger partial charge in [-0.3, -0.25) is 4.79 Å². The second-order valence-electron chi connectivity index (χ2n) is 4.71. The molecule has 0 bridgehead atoms. The lowest BCUT2D eigenvalue weighted by Gasteiger charge is -2.19. The fourth-order valence-corrected chi connectivity index (χ4v) is 3.89. The highest BCUT2D eigenvalue weighted by Crippen LogP contribution is 2.39. The molecule has 0 spiro atoms. The van der Waals surface area contributed by atoms with Crippen molar-refractivity contribution in [2.75, 3.05) is 0 Å². The van der Waals surface area contributed by atoms with Gasteiger partial charge in [-0.05, 0) is 29.8 Å². The molecule has 0 aliphatic carbocycles. The SMILES string of the molecule is N#CC(C#N)[C@H](CC(=O)c1ccc(Cl)s1)c1c(Cl)cccc1Cl. The Morgan fingerprint density at radius 3 is 2.17 bits per heavy atom. The Labute approximate surface area is 152 Å². The van der Waals surface area contributed by atoms with Crippen LogP contribution in [0.1, 0.15) is 27.6 Å². The molecule has 2 rings (SSSR count). The average Bonchev–Trinajstić information content (AvgIpc) is 2.94. The minimum atomic E-state index is -1.04. The molecule has 0 radical (unpaired) electrons. The predicted molar refractivity (Wildman–Crippen MR) is 92.2 cm³/mol. The van der Waals surface area contributed by atoms with Crippen molar-refractivity contribution in [2.24, 2.45) is 5.92 Å². The molecule has 0 saturated carbocycles. The molecule has 7 heteroatoms. The summed E-state index contributed by atoms with van der Waals surface area (Å²) >= 11 is 19.4. The molecule has 1 aromatic heterocycles. The molecule has 0 aliphatic heterocycles. The molecule has 0 fully saturated rings. The molecule has 1 atom stereocenters. The highest BCUT2D eigenvalue weighted by atomic mass is 35.5. The first-order chi connectivity index (χ1) is 11.0. The highest BCUT2D eigenvalue weighted by Gasteiger charge is 2.30. The van der Waals surface area contributed by atoms with Crippen LogP contribution in [-0.4, -0.2) is 5.78 Å². The molecular formula is C16H9Cl3N2OS. The predicted octanol–water partition coefficient (Wildman–Crippen LogP) is 5.73. The number of hydrogen-bond acceptors (Lipinski definition) is 4. The maximum atomic E-state index is 12.4. The van der Waals surface area contributed by atoms with Crippen LogP contribution in [0.3, 0.4) is 0 Å². The number of nitriles is 2. The zero-order chi connectivity index (χ0) is 17.0. The van der Waals surface area contributed by atoms with Gasteiger partial charge in [0, 0.05) is 22.4 Å². The van der Waals surface area contributed by atoms with E-state index >= 15 is 0 Å². The molecular weight excluding hydrogens is 375 g/mol. The summed E-state index contributed by atoms with van der Waals surface area (Å²) in [7, 11) is 0. The Balaban J connectivity index is 2.42. The van der Waals surface area contributed by atoms with Gasteiger partial charge in [0.2, 0.25) is 0 Å². The van der Waals surface area contributed by atoms with Crippen LogP contribution < -0.4 is 0 Å². The second kappa shape index (κ2) is 7.81. The fraction of sp³-hybridized carbons (Fsp3) is 0.188. The summed E-state index contributed by atoms with van der Waals surface area (Å²) in [5.41, 5.74) is 0.444. The van der Waals surface area contributed by atoms with Gasteiger partial charge in [-0.1, -0.05) is 40.9 Å². The summed E-state index contributed by atoms with van der Waals surface area (Å²) in [6, 6.07) is 12.0. The molecule has 23 heavy (non-hydrogen) atoms.